The van der Waals surface area contributed by atoms with E-state index in [1.54, 1.807) is 6.07 Å². The van der Waals surface area contributed by atoms with Crippen LogP contribution in [0, 0.1) is 0 Å². The van der Waals surface area contributed by atoms with E-state index in [0.29, 0.717) is 0 Å². The highest BCUT2D eigenvalue weighted by molar-refractivity contribution is 5.92. The molecule has 14 heavy (non-hydrogen) atoms. The Kier molecular flexibility index (Phi) is 3.69. The number of aliphatic hydroxyl groups is 1. The lowest BCUT2D eigenvalue weighted by molar-refractivity contribution is 0.282. The van der Waals surface area contributed by atoms with Crippen molar-refractivity contribution in [3.05, 3.63) is 42.6 Å². The number of nitrogens with one attached hydrogen (secondary N) is 1. The molecule has 0 aromatic heterocycles. The summed E-state index contributed by atoms with van der Waals surface area (Å²) in [6, 6.07) is 7.29. The quantitative estimate of drug-likeness (QED) is 0.494. The Balaban J connectivity index is 2.76. The molecular formula is C10H13N3O. The van der Waals surface area contributed by atoms with Crippen molar-refractivity contribution in [1.29, 1.82) is 0 Å². The monoisotopic (exact) mass is 191 g/mol. The first-order chi connectivity index (χ1) is 6.76. The number of rotatable bonds is 3. The molecule has 0 amide bonds. The van der Waals surface area contributed by atoms with Crippen molar-refractivity contribution in [1.82, 2.24) is 0 Å². The minimum absolute atomic E-state index is 0.00796. The van der Waals surface area contributed by atoms with Crippen LogP contribution in [0.15, 0.2) is 42.0 Å². The van der Waals surface area contributed by atoms with Gasteiger partial charge in [-0.2, -0.15) is 0 Å². The van der Waals surface area contributed by atoms with Gasteiger partial charge in [0.2, 0.25) is 0 Å². The predicted molar refractivity (Wildman–Crippen MR) is 57.8 cm³/mol. The molecule has 0 unspecified atom stereocenters. The summed E-state index contributed by atoms with van der Waals surface area (Å²) in [6.45, 7) is 3.44. The van der Waals surface area contributed by atoms with Gasteiger partial charge in [0, 0.05) is 11.9 Å². The maximum absolute atomic E-state index is 8.89. The van der Waals surface area contributed by atoms with E-state index < -0.39 is 0 Å². The van der Waals surface area contributed by atoms with E-state index in [1.165, 1.54) is 6.20 Å². The van der Waals surface area contributed by atoms with Gasteiger partial charge >= 0.3 is 0 Å². The van der Waals surface area contributed by atoms with Crippen molar-refractivity contribution in [3.8, 4) is 0 Å². The van der Waals surface area contributed by atoms with E-state index in [1.807, 2.05) is 18.2 Å². The number of nitrogens with zero attached hydrogens (tertiary/aromatic N) is 1. The van der Waals surface area contributed by atoms with Gasteiger partial charge in [-0.1, -0.05) is 18.7 Å². The lowest BCUT2D eigenvalue weighted by atomic mass is 10.2. The second kappa shape index (κ2) is 5.04. The molecule has 4 nitrogen and oxygen atoms in total. The minimum atomic E-state index is 0.00796. The molecule has 0 saturated heterocycles. The van der Waals surface area contributed by atoms with Crippen LogP contribution in [0.5, 0.6) is 0 Å². The summed E-state index contributed by atoms with van der Waals surface area (Å²) >= 11 is 0. The number of aliphatic imine (C=N–C) groups is 1. The van der Waals surface area contributed by atoms with Crippen molar-refractivity contribution < 1.29 is 5.11 Å². The first-order valence-corrected chi connectivity index (χ1v) is 4.17. The fourth-order valence-corrected chi connectivity index (χ4v) is 1.03. The van der Waals surface area contributed by atoms with Crippen molar-refractivity contribution in [2.24, 2.45) is 10.7 Å². The number of nitrogens with two attached hydrogens (primary N) is 1. The average Bonchev–Trinajstić information content (AvgIpc) is 2.18. The zero-order chi connectivity index (χ0) is 10.4. The molecule has 4 N–H and O–H groups in total. The Morgan fingerprint density at radius 2 is 2.43 bits per heavy atom. The summed E-state index contributed by atoms with van der Waals surface area (Å²) in [5, 5.41) is 11.8. The van der Waals surface area contributed by atoms with E-state index in [0.717, 1.165) is 11.3 Å². The second-order valence-corrected chi connectivity index (χ2v) is 2.68. The predicted octanol–water partition coefficient (Wildman–Crippen LogP) is 1.05. The van der Waals surface area contributed by atoms with Crippen LogP contribution in [0.25, 0.3) is 0 Å². The summed E-state index contributed by atoms with van der Waals surface area (Å²) in [5.74, 6) is 0.273. The number of hydrogen-bond acceptors (Lipinski definition) is 2. The molecule has 0 radical (unpaired) electrons. The molecule has 0 bridgehead atoms. The second-order valence-electron chi connectivity index (χ2n) is 2.68. The van der Waals surface area contributed by atoms with Gasteiger partial charge in [0.25, 0.3) is 0 Å². The number of hydrogen-bond donors (Lipinski definition) is 3. The maximum atomic E-state index is 8.89. The van der Waals surface area contributed by atoms with E-state index >= 15 is 0 Å². The third-order valence-electron chi connectivity index (χ3n) is 1.61. The molecule has 0 heterocycles. The van der Waals surface area contributed by atoms with Gasteiger partial charge in [0.05, 0.1) is 6.61 Å². The van der Waals surface area contributed by atoms with Gasteiger partial charge in [0.1, 0.15) is 0 Å². The van der Waals surface area contributed by atoms with E-state index in [9.17, 15) is 0 Å². The molecule has 0 fully saturated rings. The number of anilines is 1. The van der Waals surface area contributed by atoms with Crippen molar-refractivity contribution >= 4 is 11.6 Å². The van der Waals surface area contributed by atoms with Crippen LogP contribution in [0.1, 0.15) is 5.56 Å². The first kappa shape index (κ1) is 10.3. The van der Waals surface area contributed by atoms with Crippen LogP contribution in [0.3, 0.4) is 0 Å². The molecule has 74 valence electrons. The number of guanidine groups is 1. The van der Waals surface area contributed by atoms with Crippen LogP contribution >= 0.6 is 0 Å². The van der Waals surface area contributed by atoms with E-state index in [2.05, 4.69) is 16.9 Å². The lowest BCUT2D eigenvalue weighted by Gasteiger charge is -2.05. The highest BCUT2D eigenvalue weighted by atomic mass is 16.3. The van der Waals surface area contributed by atoms with Crippen LogP contribution in [0.4, 0.5) is 5.69 Å². The van der Waals surface area contributed by atoms with Crippen molar-refractivity contribution in [3.63, 3.8) is 0 Å². The Morgan fingerprint density at radius 1 is 1.64 bits per heavy atom. The van der Waals surface area contributed by atoms with Gasteiger partial charge in [-0.3, -0.25) is 0 Å². The summed E-state index contributed by atoms with van der Waals surface area (Å²) < 4.78 is 0. The van der Waals surface area contributed by atoms with Crippen molar-refractivity contribution in [2.45, 2.75) is 6.61 Å². The molecule has 0 aliphatic carbocycles. The Morgan fingerprint density at radius 3 is 3.07 bits per heavy atom. The molecule has 4 heteroatoms. The van der Waals surface area contributed by atoms with E-state index in [-0.39, 0.29) is 12.6 Å². The molecular weight excluding hydrogens is 178 g/mol. The third-order valence-corrected chi connectivity index (χ3v) is 1.61. The summed E-state index contributed by atoms with van der Waals surface area (Å²) in [6.07, 6.45) is 1.36. The normalized spacial score (nSPS) is 11.1. The fraction of sp³-hybridized carbons (Fsp3) is 0.100. The molecule has 0 aliphatic heterocycles. The van der Waals surface area contributed by atoms with Gasteiger partial charge in [-0.15, -0.1) is 0 Å². The van der Waals surface area contributed by atoms with Crippen LogP contribution in [0.2, 0.25) is 0 Å². The van der Waals surface area contributed by atoms with Crippen molar-refractivity contribution in [2.75, 3.05) is 5.32 Å². The molecule has 0 spiro atoms. The van der Waals surface area contributed by atoms with Crippen LogP contribution < -0.4 is 11.1 Å². The number of benzene rings is 1. The highest BCUT2D eigenvalue weighted by Crippen LogP contribution is 2.09. The molecule has 0 saturated carbocycles. The smallest absolute Gasteiger partial charge is 0.197 e. The SMILES string of the molecule is C=C/N=C(\N)Nc1cccc(CO)c1. The lowest BCUT2D eigenvalue weighted by Crippen LogP contribution is -2.21. The summed E-state index contributed by atoms with van der Waals surface area (Å²) in [7, 11) is 0. The first-order valence-electron chi connectivity index (χ1n) is 4.17. The molecule has 0 aliphatic rings. The van der Waals surface area contributed by atoms with Gasteiger partial charge < -0.3 is 16.2 Å². The summed E-state index contributed by atoms with van der Waals surface area (Å²) in [5.41, 5.74) is 7.12. The van der Waals surface area contributed by atoms with Crippen LogP contribution in [-0.4, -0.2) is 11.1 Å². The van der Waals surface area contributed by atoms with Gasteiger partial charge in [-0.25, -0.2) is 4.99 Å². The van der Waals surface area contributed by atoms with Gasteiger partial charge in [-0.05, 0) is 17.7 Å². The van der Waals surface area contributed by atoms with Crippen LogP contribution in [-0.2, 0) is 6.61 Å². The standard InChI is InChI=1S/C10H13N3O/c1-2-12-10(11)13-9-5-3-4-8(6-9)7-14/h2-6,14H,1,7H2,(H3,11,12,13). The fourth-order valence-electron chi connectivity index (χ4n) is 1.03. The largest absolute Gasteiger partial charge is 0.392 e. The summed E-state index contributed by atoms with van der Waals surface area (Å²) in [4.78, 5) is 3.76. The Bertz CT molecular complexity index is 347. The molecule has 1 aromatic carbocycles. The van der Waals surface area contributed by atoms with E-state index in [4.69, 9.17) is 10.8 Å². The minimum Gasteiger partial charge on any atom is -0.392 e. The molecule has 1 aromatic rings. The Labute approximate surface area is 82.8 Å². The topological polar surface area (TPSA) is 70.6 Å². The number of aliphatic hydroxyl groups excluding tert-OH is 1. The zero-order valence-electron chi connectivity index (χ0n) is 7.77. The maximum Gasteiger partial charge on any atom is 0.197 e. The Hall–Kier alpha value is -1.81. The van der Waals surface area contributed by atoms with Gasteiger partial charge in [0.15, 0.2) is 5.96 Å². The zero-order valence-corrected chi connectivity index (χ0v) is 7.77. The molecule has 1 rings (SSSR count). The molecule has 0 atom stereocenters. The third kappa shape index (κ3) is 2.91. The average molecular weight is 191 g/mol. The highest BCUT2D eigenvalue weighted by Gasteiger charge is 1.95.